The van der Waals surface area contributed by atoms with Crippen LogP contribution in [-0.2, 0) is 9.59 Å². The van der Waals surface area contributed by atoms with Crippen molar-refractivity contribution < 1.29 is 27.9 Å². The molecule has 1 aromatic carbocycles. The molecule has 0 radical (unpaired) electrons. The lowest BCUT2D eigenvalue weighted by Crippen LogP contribution is -2.38. The van der Waals surface area contributed by atoms with Crippen molar-refractivity contribution in [2.75, 3.05) is 13.1 Å². The second-order valence-electron chi connectivity index (χ2n) is 5.88. The predicted octanol–water partition coefficient (Wildman–Crippen LogP) is 3.49. The number of hydrogen-bond donors (Lipinski definition) is 1. The Morgan fingerprint density at radius 1 is 1.30 bits per heavy atom. The summed E-state index contributed by atoms with van der Waals surface area (Å²) in [5, 5.41) is 2.28. The van der Waals surface area contributed by atoms with E-state index in [1.165, 1.54) is 30.3 Å². The number of alkyl halides is 2. The maximum absolute atomic E-state index is 12.4. The van der Waals surface area contributed by atoms with Gasteiger partial charge in [0.1, 0.15) is 5.75 Å². The molecule has 1 fully saturated rings. The average molecular weight is 398 g/mol. The molecule has 0 aliphatic carbocycles. The zero-order valence-corrected chi connectivity index (χ0v) is 15.7. The van der Waals surface area contributed by atoms with Crippen molar-refractivity contribution in [3.8, 4) is 5.75 Å². The van der Waals surface area contributed by atoms with Gasteiger partial charge in [-0.15, -0.1) is 0 Å². The number of nitrogens with zero attached hydrogens (tertiary/aromatic N) is 1. The van der Waals surface area contributed by atoms with Gasteiger partial charge in [-0.25, -0.2) is 0 Å². The van der Waals surface area contributed by atoms with Gasteiger partial charge < -0.3 is 10.1 Å². The first kappa shape index (κ1) is 20.9. The number of amides is 3. The lowest BCUT2D eigenvalue weighted by atomic mass is 10.1. The fourth-order valence-electron chi connectivity index (χ4n) is 2.24. The average Bonchev–Trinajstić information content (AvgIpc) is 2.89. The summed E-state index contributed by atoms with van der Waals surface area (Å²) in [4.78, 5) is 37.5. The summed E-state index contributed by atoms with van der Waals surface area (Å²) >= 11 is 0.796. The van der Waals surface area contributed by atoms with E-state index in [0.29, 0.717) is 12.0 Å². The van der Waals surface area contributed by atoms with Crippen molar-refractivity contribution in [3.63, 3.8) is 0 Å². The van der Waals surface area contributed by atoms with Gasteiger partial charge in [-0.05, 0) is 42.0 Å². The molecule has 0 spiro atoms. The normalized spacial score (nSPS) is 16.9. The van der Waals surface area contributed by atoms with Crippen molar-refractivity contribution in [2.45, 2.75) is 26.9 Å². The summed E-state index contributed by atoms with van der Waals surface area (Å²) < 4.78 is 28.6. The molecule has 3 amide bonds. The van der Waals surface area contributed by atoms with Gasteiger partial charge in [0, 0.05) is 19.0 Å². The Hall–Kier alpha value is -2.42. The van der Waals surface area contributed by atoms with Crippen LogP contribution in [-0.4, -0.2) is 41.7 Å². The molecule has 1 aliphatic rings. The number of ether oxygens (including phenoxy) is 1. The molecule has 1 heterocycles. The largest absolute Gasteiger partial charge is 0.435 e. The van der Waals surface area contributed by atoms with Gasteiger partial charge >= 0.3 is 6.61 Å². The molecule has 1 saturated heterocycles. The van der Waals surface area contributed by atoms with Gasteiger partial charge in [0.25, 0.3) is 11.1 Å². The second-order valence-corrected chi connectivity index (χ2v) is 6.87. The van der Waals surface area contributed by atoms with Crippen molar-refractivity contribution in [2.24, 2.45) is 5.92 Å². The van der Waals surface area contributed by atoms with Gasteiger partial charge in [0.2, 0.25) is 5.91 Å². The molecular formula is C18H20F2N2O4S. The second kappa shape index (κ2) is 9.50. The highest BCUT2D eigenvalue weighted by molar-refractivity contribution is 8.18. The highest BCUT2D eigenvalue weighted by atomic mass is 32.2. The van der Waals surface area contributed by atoms with Crippen LogP contribution in [0.2, 0.25) is 0 Å². The summed E-state index contributed by atoms with van der Waals surface area (Å²) in [5.74, 6) is -0.689. The Balaban J connectivity index is 1.96. The van der Waals surface area contributed by atoms with E-state index >= 15 is 0 Å². The Bertz CT molecular complexity index is 737. The lowest BCUT2D eigenvalue weighted by molar-refractivity contribution is -0.126. The van der Waals surface area contributed by atoms with Crippen LogP contribution < -0.4 is 10.1 Å². The van der Waals surface area contributed by atoms with E-state index in [9.17, 15) is 23.2 Å². The Morgan fingerprint density at radius 2 is 1.96 bits per heavy atom. The zero-order chi connectivity index (χ0) is 20.0. The number of carbonyl (C=O) groups is 3. The minimum atomic E-state index is -2.91. The van der Waals surface area contributed by atoms with Gasteiger partial charge in [-0.2, -0.15) is 8.78 Å². The lowest BCUT2D eigenvalue weighted by Gasteiger charge is -2.14. The van der Waals surface area contributed by atoms with Gasteiger partial charge in [-0.3, -0.25) is 19.3 Å². The number of thioether (sulfide) groups is 1. The molecule has 9 heteroatoms. The molecule has 1 aliphatic heterocycles. The smallest absolute Gasteiger partial charge is 0.387 e. The van der Waals surface area contributed by atoms with E-state index in [-0.39, 0.29) is 35.6 Å². The zero-order valence-electron chi connectivity index (χ0n) is 14.9. The van der Waals surface area contributed by atoms with Crippen molar-refractivity contribution >= 4 is 34.9 Å². The molecule has 1 atom stereocenters. The number of benzene rings is 1. The number of halogens is 2. The first-order chi connectivity index (χ1) is 12.8. The van der Waals surface area contributed by atoms with E-state index in [1.807, 2.05) is 6.92 Å². The van der Waals surface area contributed by atoms with Crippen LogP contribution in [0.1, 0.15) is 25.8 Å². The molecule has 146 valence electrons. The Kier molecular flexibility index (Phi) is 7.35. The molecule has 0 bridgehead atoms. The topological polar surface area (TPSA) is 75.7 Å². The fourth-order valence-corrected chi connectivity index (χ4v) is 3.11. The number of rotatable bonds is 8. The molecular weight excluding hydrogens is 378 g/mol. The van der Waals surface area contributed by atoms with E-state index in [2.05, 4.69) is 10.1 Å². The molecule has 0 saturated carbocycles. The third kappa shape index (κ3) is 5.78. The number of imide groups is 1. The van der Waals surface area contributed by atoms with E-state index in [0.717, 1.165) is 16.7 Å². The van der Waals surface area contributed by atoms with Crippen LogP contribution in [0.15, 0.2) is 29.2 Å². The quantitative estimate of drug-likeness (QED) is 0.679. The van der Waals surface area contributed by atoms with Gasteiger partial charge in [0.15, 0.2) is 0 Å². The summed E-state index contributed by atoms with van der Waals surface area (Å²) in [6, 6.07) is 5.73. The van der Waals surface area contributed by atoms with Crippen LogP contribution in [0.5, 0.6) is 5.75 Å². The van der Waals surface area contributed by atoms with E-state index in [1.54, 1.807) is 6.92 Å². The molecule has 1 unspecified atom stereocenters. The summed E-state index contributed by atoms with van der Waals surface area (Å²) in [5.41, 5.74) is 0.576. The maximum Gasteiger partial charge on any atom is 0.387 e. The summed E-state index contributed by atoms with van der Waals surface area (Å²) in [6.07, 6.45) is 2.21. The first-order valence-electron chi connectivity index (χ1n) is 8.39. The SMILES string of the molecule is CCC(C)C(=O)NCCN1C(=O)S/C(=C/c2ccc(OC(F)F)cc2)C1=O. The highest BCUT2D eigenvalue weighted by Gasteiger charge is 2.34. The number of nitrogens with one attached hydrogen (secondary N) is 1. The van der Waals surface area contributed by atoms with Crippen LogP contribution in [0.4, 0.5) is 13.6 Å². The predicted molar refractivity (Wildman–Crippen MR) is 98.2 cm³/mol. The minimum Gasteiger partial charge on any atom is -0.435 e. The molecule has 27 heavy (non-hydrogen) atoms. The standard InChI is InChI=1S/C18H20F2N2O4S/c1-3-11(2)15(23)21-8-9-22-16(24)14(27-18(22)25)10-12-4-6-13(7-5-12)26-17(19)20/h4-7,10-11,17H,3,8-9H2,1-2H3,(H,21,23)/b14-10+. The van der Waals surface area contributed by atoms with Crippen molar-refractivity contribution in [1.82, 2.24) is 10.2 Å². The molecule has 1 N–H and O–H groups in total. The monoisotopic (exact) mass is 398 g/mol. The molecule has 6 nitrogen and oxygen atoms in total. The number of carbonyl (C=O) groups excluding carboxylic acids is 3. The summed E-state index contributed by atoms with van der Waals surface area (Å²) in [7, 11) is 0. The number of hydrogen-bond acceptors (Lipinski definition) is 5. The van der Waals surface area contributed by atoms with Crippen molar-refractivity contribution in [3.05, 3.63) is 34.7 Å². The van der Waals surface area contributed by atoms with Gasteiger partial charge in [0.05, 0.1) is 4.91 Å². The Morgan fingerprint density at radius 3 is 2.56 bits per heavy atom. The minimum absolute atomic E-state index is 0.00676. The van der Waals surface area contributed by atoms with E-state index in [4.69, 9.17) is 0 Å². The Labute approximate surface area is 159 Å². The van der Waals surface area contributed by atoms with Crippen LogP contribution in [0, 0.1) is 5.92 Å². The first-order valence-corrected chi connectivity index (χ1v) is 9.21. The molecule has 2 rings (SSSR count). The third-order valence-corrected chi connectivity index (χ3v) is 4.88. The maximum atomic E-state index is 12.4. The molecule has 1 aromatic rings. The van der Waals surface area contributed by atoms with E-state index < -0.39 is 17.8 Å². The van der Waals surface area contributed by atoms with Crippen LogP contribution in [0.3, 0.4) is 0 Å². The summed E-state index contributed by atoms with van der Waals surface area (Å²) in [6.45, 7) is 1.07. The van der Waals surface area contributed by atoms with Crippen molar-refractivity contribution in [1.29, 1.82) is 0 Å². The highest BCUT2D eigenvalue weighted by Crippen LogP contribution is 2.32. The fraction of sp³-hybridized carbons (Fsp3) is 0.389. The third-order valence-electron chi connectivity index (χ3n) is 3.97. The van der Waals surface area contributed by atoms with Gasteiger partial charge in [-0.1, -0.05) is 26.0 Å². The molecule has 0 aromatic heterocycles. The van der Waals surface area contributed by atoms with Crippen LogP contribution in [0.25, 0.3) is 6.08 Å². The van der Waals surface area contributed by atoms with Crippen LogP contribution >= 0.6 is 11.8 Å².